The minimum atomic E-state index is -1.59. The Morgan fingerprint density at radius 3 is 2.66 bits per heavy atom. The van der Waals surface area contributed by atoms with E-state index in [2.05, 4.69) is 5.32 Å². The molecule has 0 fully saturated rings. The predicted molar refractivity (Wildman–Crippen MR) is 105 cm³/mol. The van der Waals surface area contributed by atoms with Crippen LogP contribution in [0, 0.1) is 12.7 Å². The Morgan fingerprint density at radius 1 is 1.28 bits per heavy atom. The molecule has 1 atom stereocenters. The Bertz CT molecular complexity index is 1080. The number of carbonyl (C=O) groups is 2. The lowest BCUT2D eigenvalue weighted by molar-refractivity contribution is -0.124. The van der Waals surface area contributed by atoms with Gasteiger partial charge in [-0.2, -0.15) is 0 Å². The fraction of sp³-hybridized carbons (Fsp3) is 0.238. The minimum Gasteiger partial charge on any atom is -0.487 e. The molecule has 0 saturated carbocycles. The number of carbonyl (C=O) groups excluding carboxylic acids is 2. The number of nitrogens with one attached hydrogen (secondary N) is 1. The average Bonchev–Trinajstić information content (AvgIpc) is 3.02. The van der Waals surface area contributed by atoms with Crippen molar-refractivity contribution in [3.63, 3.8) is 0 Å². The van der Waals surface area contributed by atoms with Gasteiger partial charge in [0.25, 0.3) is 5.91 Å². The summed E-state index contributed by atoms with van der Waals surface area (Å²) in [7, 11) is 0. The average molecular weight is 399 g/mol. The van der Waals surface area contributed by atoms with Crippen molar-refractivity contribution < 1.29 is 23.8 Å². The van der Waals surface area contributed by atoms with Crippen LogP contribution >= 0.6 is 0 Å². The molecule has 0 saturated heterocycles. The van der Waals surface area contributed by atoms with E-state index in [9.17, 15) is 19.1 Å². The molecule has 3 aromatic rings. The van der Waals surface area contributed by atoms with Crippen LogP contribution in [-0.2, 0) is 11.4 Å². The molecule has 4 N–H and O–H groups in total. The van der Waals surface area contributed by atoms with Crippen LogP contribution in [0.5, 0.6) is 5.75 Å². The number of nitrogens with two attached hydrogens (primary N) is 1. The Balaban J connectivity index is 1.89. The van der Waals surface area contributed by atoms with Crippen molar-refractivity contribution >= 4 is 17.3 Å². The molecule has 2 heterocycles. The monoisotopic (exact) mass is 399 g/mol. The van der Waals surface area contributed by atoms with Gasteiger partial charge in [0.2, 0.25) is 5.91 Å². The minimum absolute atomic E-state index is 0.0320. The SMILES string of the molecule is Cc1cc2ccc(OCc3ccccc3F)cn2c1C(=O)NC(C)(CO)C(N)=O. The fourth-order valence-electron chi connectivity index (χ4n) is 2.92. The van der Waals surface area contributed by atoms with E-state index in [1.165, 1.54) is 13.0 Å². The van der Waals surface area contributed by atoms with Crippen molar-refractivity contribution in [2.75, 3.05) is 6.61 Å². The summed E-state index contributed by atoms with van der Waals surface area (Å²) in [6.07, 6.45) is 1.61. The number of halogens is 1. The van der Waals surface area contributed by atoms with Crippen LogP contribution in [0.2, 0.25) is 0 Å². The third-order valence-electron chi connectivity index (χ3n) is 4.75. The first-order chi connectivity index (χ1) is 13.7. The largest absolute Gasteiger partial charge is 0.487 e. The lowest BCUT2D eigenvalue weighted by Gasteiger charge is -2.25. The van der Waals surface area contributed by atoms with Gasteiger partial charge in [-0.25, -0.2) is 4.39 Å². The van der Waals surface area contributed by atoms with E-state index in [1.807, 2.05) is 0 Å². The summed E-state index contributed by atoms with van der Waals surface area (Å²) in [5.74, 6) is -1.34. The van der Waals surface area contributed by atoms with Crippen LogP contribution in [0.3, 0.4) is 0 Å². The number of primary amides is 1. The van der Waals surface area contributed by atoms with Crippen molar-refractivity contribution in [1.29, 1.82) is 0 Å². The zero-order valence-electron chi connectivity index (χ0n) is 16.1. The molecule has 29 heavy (non-hydrogen) atoms. The maximum atomic E-state index is 13.8. The second-order valence-corrected chi connectivity index (χ2v) is 7.02. The van der Waals surface area contributed by atoms with Crippen molar-refractivity contribution in [2.45, 2.75) is 26.0 Å². The molecule has 0 bridgehead atoms. The number of aromatic nitrogens is 1. The number of fused-ring (bicyclic) bond motifs is 1. The van der Waals surface area contributed by atoms with Gasteiger partial charge in [-0.1, -0.05) is 18.2 Å². The smallest absolute Gasteiger partial charge is 0.269 e. The van der Waals surface area contributed by atoms with Crippen LogP contribution in [-0.4, -0.2) is 33.5 Å². The molecule has 7 nitrogen and oxygen atoms in total. The molecule has 152 valence electrons. The first-order valence-corrected chi connectivity index (χ1v) is 8.96. The predicted octanol–water partition coefficient (Wildman–Crippen LogP) is 1.93. The fourth-order valence-corrected chi connectivity index (χ4v) is 2.92. The number of amides is 2. The summed E-state index contributed by atoms with van der Waals surface area (Å²) < 4.78 is 21.1. The van der Waals surface area contributed by atoms with Gasteiger partial charge in [0.1, 0.15) is 29.4 Å². The molecule has 0 spiro atoms. The first kappa shape index (κ1) is 20.3. The molecule has 1 aromatic carbocycles. The van der Waals surface area contributed by atoms with Crippen LogP contribution in [0.1, 0.15) is 28.5 Å². The van der Waals surface area contributed by atoms with Gasteiger partial charge in [0.05, 0.1) is 12.8 Å². The van der Waals surface area contributed by atoms with Crippen molar-refractivity contribution in [3.05, 3.63) is 71.3 Å². The van der Waals surface area contributed by atoms with E-state index in [1.54, 1.807) is 53.9 Å². The molecule has 0 radical (unpaired) electrons. The summed E-state index contributed by atoms with van der Waals surface area (Å²) in [5.41, 5.74) is 5.79. The Hall–Kier alpha value is -3.39. The number of aliphatic hydroxyl groups excluding tert-OH is 1. The second kappa shape index (κ2) is 7.92. The summed E-state index contributed by atoms with van der Waals surface area (Å²) in [6.45, 7) is 2.50. The highest BCUT2D eigenvalue weighted by atomic mass is 19.1. The Morgan fingerprint density at radius 2 is 2.00 bits per heavy atom. The van der Waals surface area contributed by atoms with E-state index >= 15 is 0 Å². The maximum Gasteiger partial charge on any atom is 0.269 e. The highest BCUT2D eigenvalue weighted by molar-refractivity contribution is 5.99. The highest BCUT2D eigenvalue weighted by Gasteiger charge is 2.33. The molecule has 1 unspecified atom stereocenters. The van der Waals surface area contributed by atoms with Crippen LogP contribution in [0.4, 0.5) is 4.39 Å². The molecule has 0 aliphatic heterocycles. The summed E-state index contributed by atoms with van der Waals surface area (Å²) in [4.78, 5) is 24.4. The molecule has 2 amide bonds. The molecule has 3 rings (SSSR count). The van der Waals surface area contributed by atoms with Gasteiger partial charge < -0.3 is 25.3 Å². The number of pyridine rings is 1. The number of aliphatic hydroxyl groups is 1. The number of benzene rings is 1. The van der Waals surface area contributed by atoms with Gasteiger partial charge in [0.15, 0.2) is 0 Å². The number of ether oxygens (including phenoxy) is 1. The van der Waals surface area contributed by atoms with E-state index in [-0.39, 0.29) is 18.1 Å². The summed E-state index contributed by atoms with van der Waals surface area (Å²) >= 11 is 0. The maximum absolute atomic E-state index is 13.8. The number of hydrogen-bond acceptors (Lipinski definition) is 4. The number of hydrogen-bond donors (Lipinski definition) is 3. The van der Waals surface area contributed by atoms with Gasteiger partial charge >= 0.3 is 0 Å². The molecular formula is C21H22FN3O4. The van der Waals surface area contributed by atoms with E-state index < -0.39 is 24.0 Å². The molecular weight excluding hydrogens is 377 g/mol. The van der Waals surface area contributed by atoms with Crippen LogP contribution in [0.15, 0.2) is 48.7 Å². The van der Waals surface area contributed by atoms with E-state index in [0.29, 0.717) is 16.9 Å². The molecule has 0 aliphatic carbocycles. The third-order valence-corrected chi connectivity index (χ3v) is 4.75. The lowest BCUT2D eigenvalue weighted by atomic mass is 10.0. The van der Waals surface area contributed by atoms with Crippen molar-refractivity contribution in [1.82, 2.24) is 9.72 Å². The van der Waals surface area contributed by atoms with E-state index in [4.69, 9.17) is 10.5 Å². The van der Waals surface area contributed by atoms with Crippen molar-refractivity contribution in [3.8, 4) is 5.75 Å². The number of aryl methyl sites for hydroxylation is 1. The molecule has 2 aromatic heterocycles. The van der Waals surface area contributed by atoms with Crippen LogP contribution < -0.4 is 15.8 Å². The first-order valence-electron chi connectivity index (χ1n) is 8.96. The lowest BCUT2D eigenvalue weighted by Crippen LogP contribution is -2.58. The Labute approximate surface area is 166 Å². The van der Waals surface area contributed by atoms with Crippen LogP contribution in [0.25, 0.3) is 5.52 Å². The zero-order valence-corrected chi connectivity index (χ0v) is 16.1. The Kier molecular flexibility index (Phi) is 5.56. The number of nitrogens with zero attached hydrogens (tertiary/aromatic N) is 1. The highest BCUT2D eigenvalue weighted by Crippen LogP contribution is 2.22. The number of rotatable bonds is 7. The normalized spacial score (nSPS) is 13.1. The van der Waals surface area contributed by atoms with Crippen molar-refractivity contribution in [2.24, 2.45) is 5.73 Å². The van der Waals surface area contributed by atoms with Gasteiger partial charge in [-0.3, -0.25) is 9.59 Å². The molecule has 0 aliphatic rings. The topological polar surface area (TPSA) is 106 Å². The standard InChI is InChI=1S/C21H22FN3O4/c1-13-9-15-7-8-16(29-11-14-5-3-4-6-17(14)22)10-25(15)18(13)19(27)24-21(2,12-26)20(23)28/h3-10,26H,11-12H2,1-2H3,(H2,23,28)(H,24,27). The van der Waals surface area contributed by atoms with Gasteiger partial charge in [0, 0.05) is 11.1 Å². The summed E-state index contributed by atoms with van der Waals surface area (Å²) in [6, 6.07) is 11.6. The van der Waals surface area contributed by atoms with Gasteiger partial charge in [-0.05, 0) is 43.7 Å². The quantitative estimate of drug-likeness (QED) is 0.564. The summed E-state index contributed by atoms with van der Waals surface area (Å²) in [5, 5.41) is 11.9. The molecule has 8 heteroatoms. The van der Waals surface area contributed by atoms with Gasteiger partial charge in [-0.15, -0.1) is 0 Å². The zero-order chi connectivity index (χ0) is 21.2. The second-order valence-electron chi connectivity index (χ2n) is 7.02. The van der Waals surface area contributed by atoms with E-state index in [0.717, 1.165) is 5.52 Å². The third kappa shape index (κ3) is 4.07.